The number of nitro benzene ring substituents is 1. The Morgan fingerprint density at radius 1 is 1.07 bits per heavy atom. The van der Waals surface area contributed by atoms with Gasteiger partial charge in [0.05, 0.1) is 10.6 Å². The second-order valence-electron chi connectivity index (χ2n) is 7.05. The highest BCUT2D eigenvalue weighted by Crippen LogP contribution is 2.33. The SMILES string of the molecule is CCc1ccc(CN(C)c2ccc([N+](=O)[O-])cc2S(=O)(=O)N2CCCC2)cc1. The number of sulfonamides is 1. The van der Waals surface area contributed by atoms with Gasteiger partial charge in [0.2, 0.25) is 10.0 Å². The fourth-order valence-electron chi connectivity index (χ4n) is 3.45. The zero-order valence-corrected chi connectivity index (χ0v) is 17.0. The summed E-state index contributed by atoms with van der Waals surface area (Å²) < 4.78 is 27.7. The molecule has 0 atom stereocenters. The lowest BCUT2D eigenvalue weighted by Gasteiger charge is -2.24. The molecule has 1 aliphatic rings. The first-order valence-corrected chi connectivity index (χ1v) is 10.8. The van der Waals surface area contributed by atoms with Gasteiger partial charge in [0, 0.05) is 38.8 Å². The lowest BCUT2D eigenvalue weighted by Crippen LogP contribution is -2.30. The van der Waals surface area contributed by atoms with Crippen molar-refractivity contribution < 1.29 is 13.3 Å². The number of rotatable bonds is 7. The maximum atomic E-state index is 13.1. The van der Waals surface area contributed by atoms with Crippen LogP contribution in [0.15, 0.2) is 47.4 Å². The minimum atomic E-state index is -3.79. The van der Waals surface area contributed by atoms with Crippen LogP contribution in [0.5, 0.6) is 0 Å². The Labute approximate surface area is 165 Å². The molecule has 0 aliphatic carbocycles. The highest BCUT2D eigenvalue weighted by atomic mass is 32.2. The van der Waals surface area contributed by atoms with Gasteiger partial charge in [-0.2, -0.15) is 4.31 Å². The molecule has 8 heteroatoms. The number of nitro groups is 1. The van der Waals surface area contributed by atoms with Gasteiger partial charge < -0.3 is 4.90 Å². The topological polar surface area (TPSA) is 83.8 Å². The summed E-state index contributed by atoms with van der Waals surface area (Å²) in [4.78, 5) is 12.5. The fourth-order valence-corrected chi connectivity index (χ4v) is 5.22. The molecule has 0 radical (unpaired) electrons. The number of benzene rings is 2. The summed E-state index contributed by atoms with van der Waals surface area (Å²) in [5, 5.41) is 11.2. The maximum Gasteiger partial charge on any atom is 0.270 e. The standard InChI is InChI=1S/C20H25N3O4S/c1-3-16-6-8-17(9-7-16)15-21(2)19-11-10-18(23(24)25)14-20(19)28(26,27)22-12-4-5-13-22/h6-11,14H,3-5,12-13,15H2,1-2H3. The van der Waals surface area contributed by atoms with E-state index in [1.807, 2.05) is 17.0 Å². The van der Waals surface area contributed by atoms with Crippen LogP contribution in [0, 0.1) is 10.1 Å². The molecule has 0 saturated carbocycles. The molecule has 1 saturated heterocycles. The summed E-state index contributed by atoms with van der Waals surface area (Å²) in [6.45, 7) is 3.50. The molecule has 7 nitrogen and oxygen atoms in total. The first kappa shape index (κ1) is 20.3. The minimum Gasteiger partial charge on any atom is -0.369 e. The minimum absolute atomic E-state index is 0.00345. The maximum absolute atomic E-state index is 13.1. The Morgan fingerprint density at radius 2 is 1.68 bits per heavy atom. The second-order valence-corrected chi connectivity index (χ2v) is 8.95. The molecule has 0 spiro atoms. The van der Waals surface area contributed by atoms with Crippen molar-refractivity contribution in [3.8, 4) is 0 Å². The molecule has 1 aliphatic heterocycles. The molecule has 1 heterocycles. The van der Waals surface area contributed by atoms with Gasteiger partial charge in [-0.15, -0.1) is 0 Å². The summed E-state index contributed by atoms with van der Waals surface area (Å²) in [7, 11) is -1.98. The average molecular weight is 404 g/mol. The fraction of sp³-hybridized carbons (Fsp3) is 0.400. The molecular weight excluding hydrogens is 378 g/mol. The Morgan fingerprint density at radius 3 is 2.25 bits per heavy atom. The number of anilines is 1. The van der Waals surface area contributed by atoms with Gasteiger partial charge in [-0.3, -0.25) is 10.1 Å². The van der Waals surface area contributed by atoms with E-state index < -0.39 is 14.9 Å². The van der Waals surface area contributed by atoms with Crippen LogP contribution < -0.4 is 4.90 Å². The van der Waals surface area contributed by atoms with Crippen molar-refractivity contribution in [1.82, 2.24) is 4.31 Å². The molecule has 0 N–H and O–H groups in total. The lowest BCUT2D eigenvalue weighted by atomic mass is 10.1. The number of non-ortho nitro benzene ring substituents is 1. The van der Waals surface area contributed by atoms with Crippen molar-refractivity contribution in [1.29, 1.82) is 0 Å². The average Bonchev–Trinajstić information content (AvgIpc) is 3.23. The number of nitrogens with zero attached hydrogens (tertiary/aromatic N) is 3. The van der Waals surface area contributed by atoms with Crippen molar-refractivity contribution in [2.45, 2.75) is 37.6 Å². The van der Waals surface area contributed by atoms with Crippen LogP contribution in [0.25, 0.3) is 0 Å². The molecule has 28 heavy (non-hydrogen) atoms. The van der Waals surface area contributed by atoms with Crippen LogP contribution in [0.1, 0.15) is 30.9 Å². The van der Waals surface area contributed by atoms with E-state index in [4.69, 9.17) is 0 Å². The van der Waals surface area contributed by atoms with Crippen LogP contribution in [0.3, 0.4) is 0 Å². The van der Waals surface area contributed by atoms with Crippen molar-refractivity contribution in [3.63, 3.8) is 0 Å². The van der Waals surface area contributed by atoms with E-state index in [0.717, 1.165) is 24.8 Å². The lowest BCUT2D eigenvalue weighted by molar-refractivity contribution is -0.385. The van der Waals surface area contributed by atoms with Crippen molar-refractivity contribution in [2.24, 2.45) is 0 Å². The molecule has 0 aromatic heterocycles. The van der Waals surface area contributed by atoms with Gasteiger partial charge in [0.15, 0.2) is 0 Å². The molecular formula is C20H25N3O4S. The summed E-state index contributed by atoms with van der Waals surface area (Å²) >= 11 is 0. The van der Waals surface area contributed by atoms with Crippen LogP contribution in [0.4, 0.5) is 11.4 Å². The van der Waals surface area contributed by atoms with Gasteiger partial charge >= 0.3 is 0 Å². The van der Waals surface area contributed by atoms with E-state index in [2.05, 4.69) is 19.1 Å². The summed E-state index contributed by atoms with van der Waals surface area (Å²) in [6, 6.07) is 12.2. The monoisotopic (exact) mass is 403 g/mol. The van der Waals surface area contributed by atoms with E-state index in [0.29, 0.717) is 25.3 Å². The molecule has 0 unspecified atom stereocenters. The van der Waals surface area contributed by atoms with Gasteiger partial charge in [-0.1, -0.05) is 31.2 Å². The second kappa shape index (κ2) is 8.28. The summed E-state index contributed by atoms with van der Waals surface area (Å²) in [6.07, 6.45) is 2.57. The van der Waals surface area contributed by atoms with Gasteiger partial charge in [-0.25, -0.2) is 8.42 Å². The van der Waals surface area contributed by atoms with Crippen LogP contribution in [0.2, 0.25) is 0 Å². The van der Waals surface area contributed by atoms with E-state index >= 15 is 0 Å². The predicted octanol–water partition coefficient (Wildman–Crippen LogP) is 3.58. The molecule has 2 aromatic carbocycles. The van der Waals surface area contributed by atoms with Crippen molar-refractivity contribution >= 4 is 21.4 Å². The van der Waals surface area contributed by atoms with E-state index in [1.54, 1.807) is 7.05 Å². The van der Waals surface area contributed by atoms with Crippen molar-refractivity contribution in [2.75, 3.05) is 25.0 Å². The molecule has 1 fully saturated rings. The quantitative estimate of drug-likeness (QED) is 0.521. The first-order valence-electron chi connectivity index (χ1n) is 9.40. The summed E-state index contributed by atoms with van der Waals surface area (Å²) in [5.74, 6) is 0. The van der Waals surface area contributed by atoms with E-state index in [-0.39, 0.29) is 10.6 Å². The zero-order chi connectivity index (χ0) is 20.3. The molecule has 150 valence electrons. The third-order valence-corrected chi connectivity index (χ3v) is 7.03. The van der Waals surface area contributed by atoms with E-state index in [1.165, 1.54) is 28.1 Å². The predicted molar refractivity (Wildman–Crippen MR) is 109 cm³/mol. The highest BCUT2D eigenvalue weighted by molar-refractivity contribution is 7.89. The Balaban J connectivity index is 1.97. The molecule has 2 aromatic rings. The van der Waals surface area contributed by atoms with Gasteiger partial charge in [0.25, 0.3) is 5.69 Å². The Hall–Kier alpha value is -2.45. The van der Waals surface area contributed by atoms with Crippen LogP contribution in [-0.2, 0) is 23.0 Å². The van der Waals surface area contributed by atoms with Gasteiger partial charge in [-0.05, 0) is 36.5 Å². The summed E-state index contributed by atoms with van der Waals surface area (Å²) in [5.41, 5.74) is 2.53. The van der Waals surface area contributed by atoms with Crippen LogP contribution >= 0.6 is 0 Å². The third kappa shape index (κ3) is 4.18. The molecule has 0 bridgehead atoms. The Bertz CT molecular complexity index is 952. The molecule has 3 rings (SSSR count). The number of aryl methyl sites for hydroxylation is 1. The normalized spacial score (nSPS) is 14.9. The van der Waals surface area contributed by atoms with Gasteiger partial charge in [0.1, 0.15) is 4.90 Å². The first-order chi connectivity index (χ1) is 13.3. The third-order valence-electron chi connectivity index (χ3n) is 5.10. The Kier molecular flexibility index (Phi) is 6.00. The smallest absolute Gasteiger partial charge is 0.270 e. The highest BCUT2D eigenvalue weighted by Gasteiger charge is 2.31. The zero-order valence-electron chi connectivity index (χ0n) is 16.2. The molecule has 0 amide bonds. The number of hydrogen-bond acceptors (Lipinski definition) is 5. The van der Waals surface area contributed by atoms with Crippen molar-refractivity contribution in [3.05, 3.63) is 63.7 Å². The number of hydrogen-bond donors (Lipinski definition) is 0. The largest absolute Gasteiger partial charge is 0.369 e. The van der Waals surface area contributed by atoms with Crippen LogP contribution in [-0.4, -0.2) is 37.8 Å². The van der Waals surface area contributed by atoms with E-state index in [9.17, 15) is 18.5 Å².